The summed E-state index contributed by atoms with van der Waals surface area (Å²) in [6.07, 6.45) is 3.46. The Morgan fingerprint density at radius 3 is 3.20 bits per heavy atom. The topological polar surface area (TPSA) is 73.6 Å². The van der Waals surface area contributed by atoms with Gasteiger partial charge in [-0.05, 0) is 31.4 Å². The zero-order valence-corrected chi connectivity index (χ0v) is 12.2. The summed E-state index contributed by atoms with van der Waals surface area (Å²) in [4.78, 5) is 10.2. The van der Waals surface area contributed by atoms with Crippen molar-refractivity contribution in [3.63, 3.8) is 0 Å². The summed E-state index contributed by atoms with van der Waals surface area (Å²) in [7, 11) is 0. The fourth-order valence-corrected chi connectivity index (χ4v) is 2.80. The lowest BCUT2D eigenvalue weighted by Crippen LogP contribution is -2.18. The highest BCUT2D eigenvalue weighted by molar-refractivity contribution is 7.13. The van der Waals surface area contributed by atoms with Gasteiger partial charge in [-0.1, -0.05) is 11.3 Å². The molecule has 1 aromatic rings. The van der Waals surface area contributed by atoms with Crippen LogP contribution in [0.2, 0.25) is 0 Å². The zero-order valence-electron chi connectivity index (χ0n) is 11.4. The van der Waals surface area contributed by atoms with Gasteiger partial charge in [0.2, 0.25) is 0 Å². The molecule has 1 aliphatic rings. The predicted octanol–water partition coefficient (Wildman–Crippen LogP) is 2.33. The number of nitro groups is 1. The Morgan fingerprint density at radius 2 is 2.50 bits per heavy atom. The van der Waals surface area contributed by atoms with Crippen LogP contribution >= 0.6 is 11.3 Å². The summed E-state index contributed by atoms with van der Waals surface area (Å²) in [5, 5.41) is 15.8. The lowest BCUT2D eigenvalue weighted by atomic mass is 10.2. The van der Waals surface area contributed by atoms with Crippen LogP contribution in [0.25, 0.3) is 0 Å². The molecule has 0 radical (unpaired) electrons. The van der Waals surface area contributed by atoms with Crippen molar-refractivity contribution < 1.29 is 14.4 Å². The molecule has 112 valence electrons. The first-order valence-electron chi connectivity index (χ1n) is 6.87. The van der Waals surface area contributed by atoms with Crippen LogP contribution in [0.1, 0.15) is 24.8 Å². The number of hydrogen-bond donors (Lipinski definition) is 1. The molecule has 1 unspecified atom stereocenters. The van der Waals surface area contributed by atoms with Crippen LogP contribution in [0.3, 0.4) is 0 Å². The van der Waals surface area contributed by atoms with Crippen LogP contribution in [-0.4, -0.2) is 37.4 Å². The number of ether oxygens (including phenoxy) is 2. The molecule has 0 amide bonds. The van der Waals surface area contributed by atoms with Crippen LogP contribution in [0, 0.1) is 10.1 Å². The zero-order chi connectivity index (χ0) is 14.2. The molecule has 1 N–H and O–H groups in total. The molecule has 1 aromatic heterocycles. The molecule has 20 heavy (non-hydrogen) atoms. The number of hydrogen-bond acceptors (Lipinski definition) is 6. The second-order valence-electron chi connectivity index (χ2n) is 4.79. The lowest BCUT2D eigenvalue weighted by molar-refractivity contribution is -0.380. The lowest BCUT2D eigenvalue weighted by Gasteiger charge is -2.10. The van der Waals surface area contributed by atoms with E-state index in [2.05, 4.69) is 5.32 Å². The van der Waals surface area contributed by atoms with Gasteiger partial charge in [-0.25, -0.2) is 0 Å². The highest BCUT2D eigenvalue weighted by Gasteiger charge is 2.14. The third kappa shape index (κ3) is 5.16. The third-order valence-corrected chi connectivity index (χ3v) is 4.05. The Bertz CT molecular complexity index is 418. The Morgan fingerprint density at radius 1 is 1.60 bits per heavy atom. The molecular weight excluding hydrogens is 280 g/mol. The molecule has 1 saturated heterocycles. The van der Waals surface area contributed by atoms with E-state index >= 15 is 0 Å². The van der Waals surface area contributed by atoms with E-state index in [9.17, 15) is 10.1 Å². The molecule has 0 saturated carbocycles. The third-order valence-electron chi connectivity index (χ3n) is 3.12. The first kappa shape index (κ1) is 15.4. The monoisotopic (exact) mass is 300 g/mol. The van der Waals surface area contributed by atoms with E-state index < -0.39 is 0 Å². The van der Waals surface area contributed by atoms with E-state index in [1.165, 1.54) is 11.3 Å². The van der Waals surface area contributed by atoms with Gasteiger partial charge in [0, 0.05) is 31.2 Å². The minimum absolute atomic E-state index is 0.196. The van der Waals surface area contributed by atoms with Gasteiger partial charge < -0.3 is 14.8 Å². The molecular formula is C13H20N2O4S. The maximum absolute atomic E-state index is 10.5. The SMILES string of the molecule is O=[N+]([O-])c1cc(CNCCCOCC2CCCO2)cs1. The van der Waals surface area contributed by atoms with Crippen molar-refractivity contribution in [3.05, 3.63) is 27.1 Å². The highest BCUT2D eigenvalue weighted by atomic mass is 32.1. The molecule has 7 heteroatoms. The van der Waals surface area contributed by atoms with Gasteiger partial charge in [-0.3, -0.25) is 10.1 Å². The summed E-state index contributed by atoms with van der Waals surface area (Å²) in [5.74, 6) is 0. The Hall–Kier alpha value is -1.02. The van der Waals surface area contributed by atoms with Crippen LogP contribution in [0.5, 0.6) is 0 Å². The van der Waals surface area contributed by atoms with Gasteiger partial charge in [0.15, 0.2) is 0 Å². The van der Waals surface area contributed by atoms with Crippen molar-refractivity contribution in [2.75, 3.05) is 26.4 Å². The summed E-state index contributed by atoms with van der Waals surface area (Å²) in [6, 6.07) is 1.62. The molecule has 2 heterocycles. The van der Waals surface area contributed by atoms with Crippen molar-refractivity contribution in [3.8, 4) is 0 Å². The fourth-order valence-electron chi connectivity index (χ4n) is 2.07. The largest absolute Gasteiger partial charge is 0.379 e. The Balaban J connectivity index is 1.47. The number of rotatable bonds is 9. The fraction of sp³-hybridized carbons (Fsp3) is 0.692. The standard InChI is InChI=1S/C13H20N2O4S/c16-15(17)13-7-11(10-20-13)8-14-4-2-5-18-9-12-3-1-6-19-12/h7,10,12,14H,1-6,8-9H2. The normalized spacial score (nSPS) is 18.5. The molecule has 0 aromatic carbocycles. The van der Waals surface area contributed by atoms with Gasteiger partial charge in [0.05, 0.1) is 17.6 Å². The predicted molar refractivity (Wildman–Crippen MR) is 77.1 cm³/mol. The number of nitrogens with one attached hydrogen (secondary N) is 1. The van der Waals surface area contributed by atoms with Crippen molar-refractivity contribution >= 4 is 16.3 Å². The maximum atomic E-state index is 10.5. The molecule has 0 bridgehead atoms. The maximum Gasteiger partial charge on any atom is 0.324 e. The van der Waals surface area contributed by atoms with E-state index in [-0.39, 0.29) is 16.0 Å². The first-order chi connectivity index (χ1) is 9.75. The van der Waals surface area contributed by atoms with Crippen molar-refractivity contribution in [1.82, 2.24) is 5.32 Å². The van der Waals surface area contributed by atoms with Gasteiger partial charge in [-0.2, -0.15) is 0 Å². The molecule has 1 atom stereocenters. The minimum Gasteiger partial charge on any atom is -0.379 e. The van der Waals surface area contributed by atoms with E-state index in [0.717, 1.165) is 44.6 Å². The Labute approximate surface area is 122 Å². The summed E-state index contributed by atoms with van der Waals surface area (Å²) >= 11 is 1.17. The first-order valence-corrected chi connectivity index (χ1v) is 7.75. The van der Waals surface area contributed by atoms with Crippen LogP contribution < -0.4 is 5.32 Å². The van der Waals surface area contributed by atoms with Gasteiger partial charge in [0.1, 0.15) is 0 Å². The molecule has 1 fully saturated rings. The summed E-state index contributed by atoms with van der Waals surface area (Å²) in [5.41, 5.74) is 0.960. The quantitative estimate of drug-likeness (QED) is 0.430. The molecule has 2 rings (SSSR count). The number of thiophene rings is 1. The van der Waals surface area contributed by atoms with Crippen LogP contribution in [-0.2, 0) is 16.0 Å². The minimum atomic E-state index is -0.354. The van der Waals surface area contributed by atoms with Crippen molar-refractivity contribution in [2.45, 2.75) is 31.9 Å². The van der Waals surface area contributed by atoms with Crippen LogP contribution in [0.4, 0.5) is 5.00 Å². The summed E-state index contributed by atoms with van der Waals surface area (Å²) < 4.78 is 11.0. The van der Waals surface area contributed by atoms with Crippen LogP contribution in [0.15, 0.2) is 11.4 Å². The highest BCUT2D eigenvalue weighted by Crippen LogP contribution is 2.22. The number of nitrogens with zero attached hydrogens (tertiary/aromatic N) is 1. The van der Waals surface area contributed by atoms with Gasteiger partial charge in [0.25, 0.3) is 0 Å². The molecule has 1 aliphatic heterocycles. The van der Waals surface area contributed by atoms with E-state index in [1.807, 2.05) is 5.38 Å². The van der Waals surface area contributed by atoms with Crippen molar-refractivity contribution in [1.29, 1.82) is 0 Å². The average molecular weight is 300 g/mol. The van der Waals surface area contributed by atoms with Crippen molar-refractivity contribution in [2.24, 2.45) is 0 Å². The van der Waals surface area contributed by atoms with E-state index in [4.69, 9.17) is 9.47 Å². The average Bonchev–Trinajstić information content (AvgIpc) is 3.08. The smallest absolute Gasteiger partial charge is 0.324 e. The Kier molecular flexibility index (Phi) is 6.38. The van der Waals surface area contributed by atoms with Gasteiger partial charge in [-0.15, -0.1) is 0 Å². The second kappa shape index (κ2) is 8.31. The second-order valence-corrected chi connectivity index (χ2v) is 5.68. The molecule has 0 spiro atoms. The molecule has 6 nitrogen and oxygen atoms in total. The molecule has 0 aliphatic carbocycles. The van der Waals surface area contributed by atoms with Gasteiger partial charge >= 0.3 is 5.00 Å². The summed E-state index contributed by atoms with van der Waals surface area (Å²) in [6.45, 7) is 3.78. The van der Waals surface area contributed by atoms with E-state index in [0.29, 0.717) is 13.2 Å². The van der Waals surface area contributed by atoms with E-state index in [1.54, 1.807) is 6.07 Å².